The second kappa shape index (κ2) is 9.01. The summed E-state index contributed by atoms with van der Waals surface area (Å²) in [5.41, 5.74) is 1.91. The van der Waals surface area contributed by atoms with Crippen LogP contribution < -0.4 is 19.4 Å². The zero-order chi connectivity index (χ0) is 25.6. The predicted octanol–water partition coefficient (Wildman–Crippen LogP) is 3.76. The number of carboxylic acid groups (broad SMARTS) is 1. The van der Waals surface area contributed by atoms with Gasteiger partial charge >= 0.3 is 5.97 Å². The van der Waals surface area contributed by atoms with Gasteiger partial charge in [0.05, 0.1) is 31.6 Å². The van der Waals surface area contributed by atoms with Crippen LogP contribution in [0.3, 0.4) is 0 Å². The number of imide groups is 1. The number of carbonyl (C=O) groups is 3. The Balaban J connectivity index is 1.70. The number of fused-ring (bicyclic) bond motifs is 1. The number of aryl methyl sites for hydroxylation is 1. The van der Waals surface area contributed by atoms with Gasteiger partial charge in [0, 0.05) is 0 Å². The van der Waals surface area contributed by atoms with E-state index in [2.05, 4.69) is 0 Å². The minimum atomic E-state index is -1.26. The predicted molar refractivity (Wildman–Crippen MR) is 130 cm³/mol. The third-order valence-corrected chi connectivity index (χ3v) is 6.59. The molecular weight excluding hydrogens is 464 g/mol. The zero-order valence-corrected chi connectivity index (χ0v) is 19.9. The van der Waals surface area contributed by atoms with Crippen LogP contribution in [0.1, 0.15) is 27.5 Å². The van der Waals surface area contributed by atoms with E-state index in [1.807, 2.05) is 25.1 Å². The fourth-order valence-electron chi connectivity index (χ4n) is 4.99. The van der Waals surface area contributed by atoms with E-state index >= 15 is 0 Å². The van der Waals surface area contributed by atoms with Crippen molar-refractivity contribution in [3.63, 3.8) is 0 Å². The Morgan fingerprint density at radius 3 is 2.25 bits per heavy atom. The number of rotatable bonds is 6. The van der Waals surface area contributed by atoms with Crippen LogP contribution in [0, 0.1) is 12.8 Å². The highest BCUT2D eigenvalue weighted by atomic mass is 16.7. The highest BCUT2D eigenvalue weighted by Crippen LogP contribution is 2.50. The molecule has 3 unspecified atom stereocenters. The number of benzene rings is 3. The molecule has 2 aliphatic heterocycles. The molecule has 0 saturated carbocycles. The summed E-state index contributed by atoms with van der Waals surface area (Å²) in [4.78, 5) is 47.2. The van der Waals surface area contributed by atoms with Gasteiger partial charge in [-0.2, -0.15) is 0 Å². The summed E-state index contributed by atoms with van der Waals surface area (Å²) in [5.74, 6) is -2.96. The molecule has 0 spiro atoms. The SMILES string of the molecule is COc1ccc(C2C3C(=O)N(c4ccccc4C)C(=O)C3ON2c2ccccc2)c(C(=O)O)c1OC. The molecule has 9 nitrogen and oxygen atoms in total. The summed E-state index contributed by atoms with van der Waals surface area (Å²) < 4.78 is 10.7. The molecule has 184 valence electrons. The fourth-order valence-corrected chi connectivity index (χ4v) is 4.99. The summed E-state index contributed by atoms with van der Waals surface area (Å²) >= 11 is 0. The van der Waals surface area contributed by atoms with Crippen LogP contribution >= 0.6 is 0 Å². The lowest BCUT2D eigenvalue weighted by molar-refractivity contribution is -0.126. The molecule has 3 atom stereocenters. The molecule has 3 aromatic rings. The maximum atomic E-state index is 13.9. The first-order valence-electron chi connectivity index (χ1n) is 11.3. The molecular formula is C27H24N2O7. The summed E-state index contributed by atoms with van der Waals surface area (Å²) in [6, 6.07) is 18.3. The van der Waals surface area contributed by atoms with Gasteiger partial charge in [-0.3, -0.25) is 14.4 Å². The lowest BCUT2D eigenvalue weighted by Gasteiger charge is -2.30. The number of ether oxygens (including phenoxy) is 2. The summed E-state index contributed by atoms with van der Waals surface area (Å²) in [6.07, 6.45) is -1.13. The molecule has 2 fully saturated rings. The molecule has 5 rings (SSSR count). The number of hydrogen-bond acceptors (Lipinski definition) is 7. The molecule has 3 aromatic carbocycles. The lowest BCUT2D eigenvalue weighted by atomic mass is 9.87. The first kappa shape index (κ1) is 23.4. The Morgan fingerprint density at radius 1 is 0.917 bits per heavy atom. The van der Waals surface area contributed by atoms with E-state index in [-0.39, 0.29) is 22.6 Å². The molecule has 1 N–H and O–H groups in total. The van der Waals surface area contributed by atoms with E-state index in [0.29, 0.717) is 11.4 Å². The molecule has 0 aromatic heterocycles. The number of carbonyl (C=O) groups excluding carboxylic acids is 2. The molecule has 2 heterocycles. The number of hydroxylamine groups is 1. The monoisotopic (exact) mass is 488 g/mol. The Hall–Kier alpha value is -4.37. The third-order valence-electron chi connectivity index (χ3n) is 6.59. The second-order valence-corrected chi connectivity index (χ2v) is 8.53. The summed E-state index contributed by atoms with van der Waals surface area (Å²) in [6.45, 7) is 1.81. The van der Waals surface area contributed by atoms with Crippen molar-refractivity contribution >= 4 is 29.2 Å². The number of hydrogen-bond donors (Lipinski definition) is 1. The van der Waals surface area contributed by atoms with Crippen molar-refractivity contribution in [2.75, 3.05) is 24.2 Å². The molecule has 0 aliphatic carbocycles. The first-order valence-corrected chi connectivity index (χ1v) is 11.3. The van der Waals surface area contributed by atoms with Crippen molar-refractivity contribution in [3.05, 3.63) is 83.4 Å². The minimum Gasteiger partial charge on any atom is -0.493 e. The largest absolute Gasteiger partial charge is 0.493 e. The van der Waals surface area contributed by atoms with Crippen molar-refractivity contribution in [1.29, 1.82) is 0 Å². The van der Waals surface area contributed by atoms with E-state index < -0.39 is 35.8 Å². The standard InChI is InChI=1S/C27H24N2O7/c1-15-9-7-8-12-18(15)28-25(30)21-22(17-13-14-19(34-2)23(35-3)20(17)27(32)33)29(36-24(21)26(28)31)16-10-5-4-6-11-16/h4-14,21-22,24H,1-3H3,(H,32,33). The van der Waals surface area contributed by atoms with Crippen molar-refractivity contribution in [2.45, 2.75) is 19.1 Å². The zero-order valence-electron chi connectivity index (χ0n) is 19.9. The quantitative estimate of drug-likeness (QED) is 0.523. The first-order chi connectivity index (χ1) is 17.4. The summed E-state index contributed by atoms with van der Waals surface area (Å²) in [5, 5.41) is 11.6. The summed E-state index contributed by atoms with van der Waals surface area (Å²) in [7, 11) is 2.76. The second-order valence-electron chi connectivity index (χ2n) is 8.53. The van der Waals surface area contributed by atoms with Crippen molar-refractivity contribution in [2.24, 2.45) is 5.92 Å². The van der Waals surface area contributed by atoms with E-state index in [1.54, 1.807) is 48.5 Å². The van der Waals surface area contributed by atoms with Crippen LogP contribution in [-0.2, 0) is 14.4 Å². The maximum Gasteiger partial charge on any atom is 0.339 e. The number of anilines is 2. The number of carboxylic acids is 1. The Bertz CT molecular complexity index is 1360. The van der Waals surface area contributed by atoms with E-state index in [0.717, 1.165) is 10.5 Å². The van der Waals surface area contributed by atoms with Gasteiger partial charge in [0.1, 0.15) is 11.5 Å². The van der Waals surface area contributed by atoms with Gasteiger partial charge in [0.15, 0.2) is 17.6 Å². The van der Waals surface area contributed by atoms with Crippen LogP contribution in [0.4, 0.5) is 11.4 Å². The smallest absolute Gasteiger partial charge is 0.339 e. The van der Waals surface area contributed by atoms with E-state index in [1.165, 1.54) is 19.3 Å². The molecule has 2 saturated heterocycles. The van der Waals surface area contributed by atoms with Crippen LogP contribution in [0.5, 0.6) is 11.5 Å². The van der Waals surface area contributed by atoms with Gasteiger partial charge in [-0.15, -0.1) is 0 Å². The van der Waals surface area contributed by atoms with Crippen LogP contribution in [-0.4, -0.2) is 43.2 Å². The van der Waals surface area contributed by atoms with Gasteiger partial charge in [-0.05, 0) is 42.3 Å². The Morgan fingerprint density at radius 2 is 1.61 bits per heavy atom. The average molecular weight is 488 g/mol. The molecule has 0 radical (unpaired) electrons. The number of methoxy groups -OCH3 is 2. The van der Waals surface area contributed by atoms with E-state index in [9.17, 15) is 19.5 Å². The van der Waals surface area contributed by atoms with Crippen molar-refractivity contribution < 1.29 is 33.8 Å². The van der Waals surface area contributed by atoms with E-state index in [4.69, 9.17) is 14.3 Å². The average Bonchev–Trinajstić information content (AvgIpc) is 3.39. The molecule has 2 aliphatic rings. The topological polar surface area (TPSA) is 106 Å². The highest BCUT2D eigenvalue weighted by Gasteiger charge is 2.61. The number of amides is 2. The molecule has 2 amide bonds. The maximum absolute atomic E-state index is 13.9. The normalized spacial score (nSPS) is 21.0. The Kier molecular flexibility index (Phi) is 5.85. The van der Waals surface area contributed by atoms with Gasteiger partial charge < -0.3 is 14.6 Å². The molecule has 0 bridgehead atoms. The number of nitrogens with zero attached hydrogens (tertiary/aromatic N) is 2. The van der Waals surface area contributed by atoms with Gasteiger partial charge in [0.2, 0.25) is 5.91 Å². The number of para-hydroxylation sites is 2. The lowest BCUT2D eigenvalue weighted by Crippen LogP contribution is -2.38. The Labute approximate surface area is 207 Å². The minimum absolute atomic E-state index is 0.0199. The number of aromatic carboxylic acids is 1. The van der Waals surface area contributed by atoms with Gasteiger partial charge in [-0.1, -0.05) is 42.5 Å². The van der Waals surface area contributed by atoms with Crippen molar-refractivity contribution in [3.8, 4) is 11.5 Å². The van der Waals surface area contributed by atoms with Crippen LogP contribution in [0.15, 0.2) is 66.7 Å². The molecule has 36 heavy (non-hydrogen) atoms. The van der Waals surface area contributed by atoms with Crippen LogP contribution in [0.2, 0.25) is 0 Å². The third kappa shape index (κ3) is 3.47. The molecule has 9 heteroatoms. The van der Waals surface area contributed by atoms with Gasteiger partial charge in [0.25, 0.3) is 5.91 Å². The van der Waals surface area contributed by atoms with Crippen LogP contribution in [0.25, 0.3) is 0 Å². The van der Waals surface area contributed by atoms with Crippen molar-refractivity contribution in [1.82, 2.24) is 0 Å². The van der Waals surface area contributed by atoms with Gasteiger partial charge in [-0.25, -0.2) is 14.8 Å². The fraction of sp³-hybridized carbons (Fsp3) is 0.222. The highest BCUT2D eigenvalue weighted by molar-refractivity contribution is 6.24.